The van der Waals surface area contributed by atoms with E-state index in [1.165, 1.54) is 29.4 Å². The van der Waals surface area contributed by atoms with E-state index in [4.69, 9.17) is 11.6 Å². The highest BCUT2D eigenvalue weighted by Gasteiger charge is 2.13. The number of amides is 1. The molecule has 6 nitrogen and oxygen atoms in total. The fourth-order valence-corrected chi connectivity index (χ4v) is 4.08. The molecule has 0 spiro atoms. The zero-order valence-corrected chi connectivity index (χ0v) is 16.1. The molecule has 0 saturated heterocycles. The predicted octanol–water partition coefficient (Wildman–Crippen LogP) is 3.21. The summed E-state index contributed by atoms with van der Waals surface area (Å²) in [6, 6.07) is 7.46. The second-order valence-corrected chi connectivity index (χ2v) is 7.73. The number of carbonyl (C=O) groups excluding carboxylic acids is 1. The number of rotatable bonds is 6. The van der Waals surface area contributed by atoms with Gasteiger partial charge in [0.2, 0.25) is 5.91 Å². The third kappa shape index (κ3) is 4.39. The molecule has 0 aliphatic heterocycles. The lowest BCUT2D eigenvalue weighted by Gasteiger charge is -2.06. The molecule has 2 aromatic heterocycles. The number of thioether (sulfide) groups is 1. The van der Waals surface area contributed by atoms with Gasteiger partial charge in [-0.05, 0) is 11.6 Å². The van der Waals surface area contributed by atoms with E-state index in [0.717, 1.165) is 20.4 Å². The van der Waals surface area contributed by atoms with Crippen LogP contribution < -0.4 is 10.2 Å². The van der Waals surface area contributed by atoms with Crippen LogP contribution in [0.5, 0.6) is 0 Å². The quantitative estimate of drug-likeness (QED) is 0.512. The Morgan fingerprint density at radius 1 is 1.32 bits per heavy atom. The van der Waals surface area contributed by atoms with Crippen molar-refractivity contribution < 1.29 is 4.79 Å². The molecule has 1 N–H and O–H groups in total. The van der Waals surface area contributed by atoms with E-state index >= 15 is 0 Å². The lowest BCUT2D eigenvalue weighted by atomic mass is 10.2. The molecule has 3 aromatic rings. The van der Waals surface area contributed by atoms with Crippen LogP contribution in [0.15, 0.2) is 35.6 Å². The van der Waals surface area contributed by atoms with E-state index in [1.54, 1.807) is 0 Å². The van der Waals surface area contributed by atoms with Crippen molar-refractivity contribution >= 4 is 56.1 Å². The van der Waals surface area contributed by atoms with Gasteiger partial charge in [0.25, 0.3) is 0 Å². The lowest BCUT2D eigenvalue weighted by Crippen LogP contribution is -2.24. The maximum absolute atomic E-state index is 12.1. The molecule has 0 fully saturated rings. The van der Waals surface area contributed by atoms with Gasteiger partial charge in [0.15, 0.2) is 10.8 Å². The molecule has 1 amide bonds. The van der Waals surface area contributed by atoms with Crippen molar-refractivity contribution in [3.8, 4) is 0 Å². The summed E-state index contributed by atoms with van der Waals surface area (Å²) < 4.78 is 0.898. The molecule has 2 heterocycles. The third-order valence-electron chi connectivity index (χ3n) is 3.30. The number of nitrogens with one attached hydrogen (secondary N) is 1. The highest BCUT2D eigenvalue weighted by atomic mass is 35.5. The van der Waals surface area contributed by atoms with Gasteiger partial charge in [0.05, 0.1) is 5.75 Å². The number of benzene rings is 1. The first-order chi connectivity index (χ1) is 12.0. The molecular formula is C16H16ClN5OS2. The monoisotopic (exact) mass is 393 g/mol. The van der Waals surface area contributed by atoms with Crippen molar-refractivity contribution in [1.82, 2.24) is 20.3 Å². The molecule has 25 heavy (non-hydrogen) atoms. The Kier molecular flexibility index (Phi) is 5.72. The van der Waals surface area contributed by atoms with Crippen LogP contribution in [0.2, 0.25) is 5.02 Å². The Labute approximate surface area is 158 Å². The summed E-state index contributed by atoms with van der Waals surface area (Å²) >= 11 is 8.98. The van der Waals surface area contributed by atoms with Gasteiger partial charge in [-0.15, -0.1) is 0 Å². The van der Waals surface area contributed by atoms with Crippen molar-refractivity contribution in [2.75, 3.05) is 24.7 Å². The van der Waals surface area contributed by atoms with Gasteiger partial charge in [0.1, 0.15) is 16.1 Å². The second kappa shape index (κ2) is 7.99. The molecular weight excluding hydrogens is 378 g/mol. The Morgan fingerprint density at radius 2 is 2.12 bits per heavy atom. The third-order valence-corrected chi connectivity index (χ3v) is 6.01. The molecule has 0 radical (unpaired) electrons. The largest absolute Gasteiger partial charge is 0.354 e. The summed E-state index contributed by atoms with van der Waals surface area (Å²) in [7, 11) is 3.86. The molecule has 0 unspecified atom stereocenters. The minimum atomic E-state index is -0.0750. The Bertz CT molecular complexity index is 899. The molecule has 0 saturated carbocycles. The summed E-state index contributed by atoms with van der Waals surface area (Å²) in [6.45, 7) is 0.406. The van der Waals surface area contributed by atoms with Crippen molar-refractivity contribution in [2.24, 2.45) is 0 Å². The summed E-state index contributed by atoms with van der Waals surface area (Å²) in [5.41, 5.74) is 1.55. The fraction of sp³-hybridized carbons (Fsp3) is 0.250. The summed E-state index contributed by atoms with van der Waals surface area (Å²) in [5, 5.41) is 5.15. The van der Waals surface area contributed by atoms with Crippen LogP contribution in [0, 0.1) is 0 Å². The molecule has 1 aromatic carbocycles. The zero-order chi connectivity index (χ0) is 17.8. The van der Waals surface area contributed by atoms with Gasteiger partial charge in [-0.25, -0.2) is 9.97 Å². The molecule has 0 atom stereocenters. The maximum atomic E-state index is 12.1. The van der Waals surface area contributed by atoms with E-state index in [2.05, 4.69) is 20.3 Å². The topological polar surface area (TPSA) is 71.0 Å². The highest BCUT2D eigenvalue weighted by Crippen LogP contribution is 2.32. The number of hydrogen-bond acceptors (Lipinski definition) is 7. The van der Waals surface area contributed by atoms with Crippen molar-refractivity contribution in [1.29, 1.82) is 0 Å². The van der Waals surface area contributed by atoms with E-state index < -0.39 is 0 Å². The predicted molar refractivity (Wildman–Crippen MR) is 104 cm³/mol. The average molecular weight is 394 g/mol. The number of carbonyl (C=O) groups is 1. The van der Waals surface area contributed by atoms with E-state index in [9.17, 15) is 4.79 Å². The van der Waals surface area contributed by atoms with E-state index in [0.29, 0.717) is 17.2 Å². The number of halogens is 1. The van der Waals surface area contributed by atoms with Crippen LogP contribution in [0.3, 0.4) is 0 Å². The van der Waals surface area contributed by atoms with Crippen LogP contribution in [0.25, 0.3) is 10.3 Å². The van der Waals surface area contributed by atoms with Crippen LogP contribution in [0.1, 0.15) is 5.56 Å². The van der Waals surface area contributed by atoms with Crippen molar-refractivity contribution in [3.63, 3.8) is 0 Å². The first-order valence-electron chi connectivity index (χ1n) is 7.46. The summed E-state index contributed by atoms with van der Waals surface area (Å²) in [5.74, 6) is 0.195. The number of thiazole rings is 1. The number of aromatic nitrogens is 3. The fourth-order valence-electron chi connectivity index (χ4n) is 2.04. The Morgan fingerprint density at radius 3 is 2.88 bits per heavy atom. The number of hydrogen-bond donors (Lipinski definition) is 1. The minimum Gasteiger partial charge on any atom is -0.354 e. The summed E-state index contributed by atoms with van der Waals surface area (Å²) in [4.78, 5) is 27.0. The van der Waals surface area contributed by atoms with Gasteiger partial charge in [-0.1, -0.05) is 52.9 Å². The van der Waals surface area contributed by atoms with Gasteiger partial charge < -0.3 is 10.2 Å². The molecule has 0 bridgehead atoms. The molecule has 3 rings (SSSR count). The number of anilines is 1. The normalized spacial score (nSPS) is 10.8. The Hall–Kier alpha value is -1.90. The standard InChI is InChI=1S/C16H16ClN5OS2/c1-22(2)16-21-14-13(25-16)15(20-9-19-14)24-8-12(23)18-7-10-5-3-4-6-11(10)17/h3-6,9H,7-8H2,1-2H3,(H,18,23). The molecule has 9 heteroatoms. The second-order valence-electron chi connectivity index (χ2n) is 5.38. The smallest absolute Gasteiger partial charge is 0.230 e. The minimum absolute atomic E-state index is 0.0750. The van der Waals surface area contributed by atoms with Crippen LogP contribution in [0.4, 0.5) is 5.13 Å². The SMILES string of the molecule is CN(C)c1nc2ncnc(SCC(=O)NCc3ccccc3Cl)c2s1. The lowest BCUT2D eigenvalue weighted by molar-refractivity contribution is -0.118. The van der Waals surface area contributed by atoms with Crippen LogP contribution in [-0.4, -0.2) is 40.7 Å². The average Bonchev–Trinajstić information content (AvgIpc) is 3.04. The highest BCUT2D eigenvalue weighted by molar-refractivity contribution is 8.00. The van der Waals surface area contributed by atoms with Gasteiger partial charge in [-0.2, -0.15) is 4.98 Å². The van der Waals surface area contributed by atoms with Crippen molar-refractivity contribution in [3.05, 3.63) is 41.2 Å². The van der Waals surface area contributed by atoms with Crippen molar-refractivity contribution in [2.45, 2.75) is 11.6 Å². The number of fused-ring (bicyclic) bond motifs is 1. The maximum Gasteiger partial charge on any atom is 0.230 e. The van der Waals surface area contributed by atoms with Gasteiger partial charge in [0, 0.05) is 25.7 Å². The molecule has 130 valence electrons. The van der Waals surface area contributed by atoms with E-state index in [-0.39, 0.29) is 11.7 Å². The first kappa shape index (κ1) is 17.9. The van der Waals surface area contributed by atoms with Gasteiger partial charge in [-0.3, -0.25) is 4.79 Å². The van der Waals surface area contributed by atoms with Crippen LogP contribution in [-0.2, 0) is 11.3 Å². The van der Waals surface area contributed by atoms with E-state index in [1.807, 2.05) is 43.3 Å². The van der Waals surface area contributed by atoms with Gasteiger partial charge >= 0.3 is 0 Å². The Balaban J connectivity index is 1.62. The number of nitrogens with zero attached hydrogens (tertiary/aromatic N) is 4. The summed E-state index contributed by atoms with van der Waals surface area (Å²) in [6.07, 6.45) is 1.48. The first-order valence-corrected chi connectivity index (χ1v) is 9.64. The molecule has 0 aliphatic carbocycles. The zero-order valence-electron chi connectivity index (χ0n) is 13.7. The molecule has 0 aliphatic rings. The van der Waals surface area contributed by atoms with Crippen LogP contribution >= 0.6 is 34.7 Å².